The molecule has 0 radical (unpaired) electrons. The van der Waals surface area contributed by atoms with Crippen molar-refractivity contribution in [2.45, 2.75) is 45.8 Å². The van der Waals surface area contributed by atoms with Crippen LogP contribution in [0.15, 0.2) is 18.2 Å². The van der Waals surface area contributed by atoms with Gasteiger partial charge < -0.3 is 10.1 Å². The summed E-state index contributed by atoms with van der Waals surface area (Å²) in [4.78, 5) is 2.53. The van der Waals surface area contributed by atoms with Crippen LogP contribution in [0.5, 0.6) is 5.75 Å². The highest BCUT2D eigenvalue weighted by Gasteiger charge is 2.26. The molecule has 0 bridgehead atoms. The molecule has 1 aromatic carbocycles. The van der Waals surface area contributed by atoms with E-state index in [1.807, 2.05) is 18.2 Å². The molecule has 0 aromatic heterocycles. The fraction of sp³-hybridized carbons (Fsp3) is 0.647. The maximum absolute atomic E-state index is 6.14. The minimum Gasteiger partial charge on any atom is -0.496 e. The Kier molecular flexibility index (Phi) is 5.91. The van der Waals surface area contributed by atoms with E-state index in [0.29, 0.717) is 12.1 Å². The van der Waals surface area contributed by atoms with Gasteiger partial charge in [0.25, 0.3) is 0 Å². The van der Waals surface area contributed by atoms with Gasteiger partial charge in [0.2, 0.25) is 0 Å². The highest BCUT2D eigenvalue weighted by molar-refractivity contribution is 6.30. The van der Waals surface area contributed by atoms with Gasteiger partial charge in [0.1, 0.15) is 5.75 Å². The Morgan fingerprint density at radius 1 is 1.43 bits per heavy atom. The van der Waals surface area contributed by atoms with Gasteiger partial charge in [-0.05, 0) is 37.5 Å². The van der Waals surface area contributed by atoms with E-state index >= 15 is 0 Å². The van der Waals surface area contributed by atoms with E-state index in [9.17, 15) is 0 Å². The number of benzene rings is 1. The van der Waals surface area contributed by atoms with Crippen LogP contribution in [-0.2, 0) is 6.54 Å². The predicted octanol–water partition coefficient (Wildman–Crippen LogP) is 3.56. The summed E-state index contributed by atoms with van der Waals surface area (Å²) in [6, 6.07) is 6.96. The van der Waals surface area contributed by atoms with Gasteiger partial charge in [-0.3, -0.25) is 4.90 Å². The average Bonchev–Trinajstić information content (AvgIpc) is 2.42. The van der Waals surface area contributed by atoms with Crippen LogP contribution in [0.3, 0.4) is 0 Å². The number of hydrogen-bond acceptors (Lipinski definition) is 3. The molecule has 4 heteroatoms. The molecule has 3 nitrogen and oxygen atoms in total. The van der Waals surface area contributed by atoms with E-state index in [0.717, 1.165) is 36.3 Å². The van der Waals surface area contributed by atoms with Gasteiger partial charge in [-0.15, -0.1) is 0 Å². The normalized spacial score (nSPS) is 23.5. The van der Waals surface area contributed by atoms with E-state index in [1.54, 1.807) is 7.11 Å². The van der Waals surface area contributed by atoms with Gasteiger partial charge in [-0.25, -0.2) is 0 Å². The van der Waals surface area contributed by atoms with Gasteiger partial charge >= 0.3 is 0 Å². The molecule has 118 valence electrons. The van der Waals surface area contributed by atoms with Crippen molar-refractivity contribution in [1.82, 2.24) is 10.2 Å². The Bertz CT molecular complexity index is 464. The number of ether oxygens (including phenoxy) is 1. The number of hydrogen-bond donors (Lipinski definition) is 1. The lowest BCUT2D eigenvalue weighted by Crippen LogP contribution is -2.55. The minimum atomic E-state index is 0.525. The predicted molar refractivity (Wildman–Crippen MR) is 89.1 cm³/mol. The third-order valence-electron chi connectivity index (χ3n) is 4.15. The smallest absolute Gasteiger partial charge is 0.123 e. The second-order valence-corrected chi connectivity index (χ2v) is 6.91. The van der Waals surface area contributed by atoms with Crippen LogP contribution in [0.4, 0.5) is 0 Å². The van der Waals surface area contributed by atoms with Crippen molar-refractivity contribution in [3.05, 3.63) is 28.8 Å². The molecule has 2 rings (SSSR count). The summed E-state index contributed by atoms with van der Waals surface area (Å²) in [6.07, 6.45) is 1.22. The largest absolute Gasteiger partial charge is 0.496 e. The van der Waals surface area contributed by atoms with Gasteiger partial charge in [0, 0.05) is 42.3 Å². The molecule has 2 unspecified atom stereocenters. The Labute approximate surface area is 133 Å². The molecule has 2 atom stereocenters. The standard InChI is InChI=1S/C17H27ClN2O/c1-12(2)7-16-11-20(13(3)9-19-16)10-14-8-15(18)5-6-17(14)21-4/h5-6,8,12-13,16,19H,7,9-11H2,1-4H3. The molecule has 1 heterocycles. The van der Waals surface area contributed by atoms with Crippen LogP contribution in [0, 0.1) is 5.92 Å². The second kappa shape index (κ2) is 7.48. The highest BCUT2D eigenvalue weighted by atomic mass is 35.5. The monoisotopic (exact) mass is 310 g/mol. The van der Waals surface area contributed by atoms with Crippen molar-refractivity contribution < 1.29 is 4.74 Å². The summed E-state index contributed by atoms with van der Waals surface area (Å²) < 4.78 is 5.47. The summed E-state index contributed by atoms with van der Waals surface area (Å²) in [5.74, 6) is 1.64. The molecule has 0 saturated carbocycles. The lowest BCUT2D eigenvalue weighted by molar-refractivity contribution is 0.123. The zero-order chi connectivity index (χ0) is 15.4. The van der Waals surface area contributed by atoms with E-state index < -0.39 is 0 Å². The summed E-state index contributed by atoms with van der Waals surface area (Å²) in [5, 5.41) is 4.43. The Morgan fingerprint density at radius 3 is 2.86 bits per heavy atom. The van der Waals surface area contributed by atoms with E-state index in [-0.39, 0.29) is 0 Å². The maximum atomic E-state index is 6.14. The topological polar surface area (TPSA) is 24.5 Å². The van der Waals surface area contributed by atoms with Crippen molar-refractivity contribution in [2.24, 2.45) is 5.92 Å². The molecule has 0 amide bonds. The number of halogens is 1. The summed E-state index contributed by atoms with van der Waals surface area (Å²) in [6.45, 7) is 9.85. The highest BCUT2D eigenvalue weighted by Crippen LogP contribution is 2.25. The second-order valence-electron chi connectivity index (χ2n) is 6.47. The van der Waals surface area contributed by atoms with Crippen LogP contribution >= 0.6 is 11.6 Å². The number of piperazine rings is 1. The van der Waals surface area contributed by atoms with Crippen molar-refractivity contribution in [2.75, 3.05) is 20.2 Å². The lowest BCUT2D eigenvalue weighted by Gasteiger charge is -2.39. The third kappa shape index (κ3) is 4.60. The summed E-state index contributed by atoms with van der Waals surface area (Å²) >= 11 is 6.14. The Morgan fingerprint density at radius 2 is 2.19 bits per heavy atom. The van der Waals surface area contributed by atoms with E-state index in [4.69, 9.17) is 16.3 Å². The van der Waals surface area contributed by atoms with E-state index in [1.165, 1.54) is 12.0 Å². The van der Waals surface area contributed by atoms with Gasteiger partial charge in [0.05, 0.1) is 7.11 Å². The first kappa shape index (κ1) is 16.6. The van der Waals surface area contributed by atoms with Crippen LogP contribution in [0.1, 0.15) is 32.8 Å². The average molecular weight is 311 g/mol. The fourth-order valence-corrected chi connectivity index (χ4v) is 3.23. The van der Waals surface area contributed by atoms with Crippen molar-refractivity contribution in [3.8, 4) is 5.75 Å². The molecule has 0 aliphatic carbocycles. The molecule has 1 aliphatic heterocycles. The zero-order valence-corrected chi connectivity index (χ0v) is 14.3. The molecular formula is C17H27ClN2O. The lowest BCUT2D eigenvalue weighted by atomic mass is 9.99. The quantitative estimate of drug-likeness (QED) is 0.900. The fourth-order valence-electron chi connectivity index (χ4n) is 3.03. The van der Waals surface area contributed by atoms with Crippen LogP contribution in [0.25, 0.3) is 0 Å². The first-order valence-corrected chi connectivity index (χ1v) is 8.17. The van der Waals surface area contributed by atoms with Gasteiger partial charge in [-0.1, -0.05) is 25.4 Å². The van der Waals surface area contributed by atoms with Crippen LogP contribution in [0.2, 0.25) is 5.02 Å². The molecular weight excluding hydrogens is 284 g/mol. The third-order valence-corrected chi connectivity index (χ3v) is 4.39. The first-order chi connectivity index (χ1) is 9.99. The number of nitrogens with one attached hydrogen (secondary N) is 1. The van der Waals surface area contributed by atoms with Crippen LogP contribution in [-0.4, -0.2) is 37.2 Å². The Hall–Kier alpha value is -0.770. The molecule has 1 N–H and O–H groups in total. The first-order valence-electron chi connectivity index (χ1n) is 7.79. The van der Waals surface area contributed by atoms with Crippen molar-refractivity contribution in [3.63, 3.8) is 0 Å². The van der Waals surface area contributed by atoms with Gasteiger partial charge in [-0.2, -0.15) is 0 Å². The van der Waals surface area contributed by atoms with E-state index in [2.05, 4.69) is 31.0 Å². The van der Waals surface area contributed by atoms with Crippen LogP contribution < -0.4 is 10.1 Å². The Balaban J connectivity index is 2.08. The molecule has 21 heavy (non-hydrogen) atoms. The van der Waals surface area contributed by atoms with Crippen molar-refractivity contribution in [1.29, 1.82) is 0 Å². The number of methoxy groups -OCH3 is 1. The SMILES string of the molecule is COc1ccc(Cl)cc1CN1CC(CC(C)C)NCC1C. The molecule has 0 spiro atoms. The zero-order valence-electron chi connectivity index (χ0n) is 13.5. The van der Waals surface area contributed by atoms with Gasteiger partial charge in [0.15, 0.2) is 0 Å². The molecule has 1 fully saturated rings. The summed E-state index contributed by atoms with van der Waals surface area (Å²) in [7, 11) is 1.72. The molecule has 1 aromatic rings. The number of rotatable bonds is 5. The molecule has 1 aliphatic rings. The summed E-state index contributed by atoms with van der Waals surface area (Å²) in [5.41, 5.74) is 1.17. The minimum absolute atomic E-state index is 0.525. The maximum Gasteiger partial charge on any atom is 0.123 e. The van der Waals surface area contributed by atoms with Crippen molar-refractivity contribution >= 4 is 11.6 Å². The number of nitrogens with zero attached hydrogens (tertiary/aromatic N) is 1. The molecule has 1 saturated heterocycles.